The maximum Gasteiger partial charge on any atom is 0.0926 e. The quantitative estimate of drug-likeness (QED) is 0.879. The van der Waals surface area contributed by atoms with E-state index in [4.69, 9.17) is 0 Å². The van der Waals surface area contributed by atoms with Gasteiger partial charge in [-0.2, -0.15) is 0 Å². The summed E-state index contributed by atoms with van der Waals surface area (Å²) < 4.78 is 0. The summed E-state index contributed by atoms with van der Waals surface area (Å²) in [7, 11) is 2.22. The van der Waals surface area contributed by atoms with Gasteiger partial charge in [0.05, 0.1) is 5.60 Å². The Bertz CT molecular complexity index is 451. The smallest absolute Gasteiger partial charge is 0.0926 e. The lowest BCUT2D eigenvalue weighted by atomic mass is 9.73. The van der Waals surface area contributed by atoms with Crippen LogP contribution in [0.4, 0.5) is 0 Å². The summed E-state index contributed by atoms with van der Waals surface area (Å²) in [6.07, 6.45) is 7.34. The maximum absolute atomic E-state index is 11.1. The van der Waals surface area contributed by atoms with Crippen molar-refractivity contribution in [1.82, 2.24) is 4.90 Å². The highest BCUT2D eigenvalue weighted by atomic mass is 16.3. The van der Waals surface area contributed by atoms with Crippen LogP contribution in [0.1, 0.15) is 43.2 Å². The molecule has 1 N–H and O–H groups in total. The van der Waals surface area contributed by atoms with E-state index < -0.39 is 5.60 Å². The first-order valence-electron chi connectivity index (χ1n) is 7.30. The van der Waals surface area contributed by atoms with Crippen LogP contribution in [-0.2, 0) is 5.60 Å². The number of nitrogens with zero attached hydrogens (tertiary/aromatic N) is 1. The van der Waals surface area contributed by atoms with Crippen molar-refractivity contribution in [1.29, 1.82) is 0 Å². The van der Waals surface area contributed by atoms with E-state index in [9.17, 15) is 5.11 Å². The average molecular weight is 257 g/mol. The normalized spacial score (nSPS) is 35.1. The third kappa shape index (κ3) is 2.24. The van der Waals surface area contributed by atoms with Crippen LogP contribution in [0.5, 0.6) is 0 Å². The predicted molar refractivity (Wildman–Crippen MR) is 78.9 cm³/mol. The van der Waals surface area contributed by atoms with Gasteiger partial charge in [-0.1, -0.05) is 43.3 Å². The number of rotatable bonds is 2. The Labute approximate surface area is 115 Å². The van der Waals surface area contributed by atoms with E-state index in [0.717, 1.165) is 24.0 Å². The molecule has 0 aliphatic carbocycles. The van der Waals surface area contributed by atoms with Crippen LogP contribution in [0, 0.1) is 0 Å². The van der Waals surface area contributed by atoms with Crippen molar-refractivity contribution < 1.29 is 5.11 Å². The lowest BCUT2D eigenvalue weighted by Crippen LogP contribution is -2.55. The van der Waals surface area contributed by atoms with Gasteiger partial charge >= 0.3 is 0 Å². The van der Waals surface area contributed by atoms with E-state index in [1.807, 2.05) is 6.08 Å². The van der Waals surface area contributed by atoms with Crippen molar-refractivity contribution in [2.75, 3.05) is 7.05 Å². The Morgan fingerprint density at radius 2 is 1.79 bits per heavy atom. The molecule has 3 rings (SSSR count). The van der Waals surface area contributed by atoms with Gasteiger partial charge in [0, 0.05) is 12.1 Å². The highest BCUT2D eigenvalue weighted by molar-refractivity contribution is 5.47. The van der Waals surface area contributed by atoms with Crippen LogP contribution in [0.3, 0.4) is 0 Å². The van der Waals surface area contributed by atoms with Gasteiger partial charge in [0.25, 0.3) is 0 Å². The molecule has 2 nitrogen and oxygen atoms in total. The molecule has 2 fully saturated rings. The third-order valence-electron chi connectivity index (χ3n) is 5.06. The van der Waals surface area contributed by atoms with Crippen molar-refractivity contribution in [3.05, 3.63) is 42.0 Å². The van der Waals surface area contributed by atoms with Crippen molar-refractivity contribution in [3.8, 4) is 0 Å². The van der Waals surface area contributed by atoms with Crippen LogP contribution < -0.4 is 0 Å². The van der Waals surface area contributed by atoms with Crippen molar-refractivity contribution in [3.63, 3.8) is 0 Å². The topological polar surface area (TPSA) is 23.5 Å². The minimum atomic E-state index is -0.637. The van der Waals surface area contributed by atoms with E-state index in [2.05, 4.69) is 42.8 Å². The SMILES string of the molecule is C=Cc1ccc(C2(O)CC3CCCC(C2)N3C)cc1. The van der Waals surface area contributed by atoms with Gasteiger partial charge in [-0.3, -0.25) is 0 Å². The van der Waals surface area contributed by atoms with Gasteiger partial charge in [0.2, 0.25) is 0 Å². The highest BCUT2D eigenvalue weighted by Crippen LogP contribution is 2.43. The molecule has 0 saturated carbocycles. The molecule has 2 unspecified atom stereocenters. The molecule has 0 spiro atoms. The molecule has 1 aromatic rings. The zero-order valence-corrected chi connectivity index (χ0v) is 11.7. The largest absolute Gasteiger partial charge is 0.385 e. The number of hydrogen-bond acceptors (Lipinski definition) is 2. The van der Waals surface area contributed by atoms with Crippen molar-refractivity contribution in [2.45, 2.75) is 49.8 Å². The first-order valence-corrected chi connectivity index (χ1v) is 7.30. The molecule has 2 heterocycles. The third-order valence-corrected chi connectivity index (χ3v) is 5.06. The summed E-state index contributed by atoms with van der Waals surface area (Å²) in [5.74, 6) is 0. The lowest BCUT2D eigenvalue weighted by molar-refractivity contribution is -0.0874. The number of benzene rings is 1. The molecule has 2 aliphatic heterocycles. The molecule has 102 valence electrons. The summed E-state index contributed by atoms with van der Waals surface area (Å²) in [5, 5.41) is 11.1. The molecule has 2 saturated heterocycles. The zero-order chi connectivity index (χ0) is 13.5. The molecule has 0 aromatic heterocycles. The molecule has 2 bridgehead atoms. The maximum atomic E-state index is 11.1. The number of hydrogen-bond donors (Lipinski definition) is 1. The minimum absolute atomic E-state index is 0.539. The van der Waals surface area contributed by atoms with Crippen molar-refractivity contribution in [2.24, 2.45) is 0 Å². The summed E-state index contributed by atoms with van der Waals surface area (Å²) in [6.45, 7) is 3.78. The summed E-state index contributed by atoms with van der Waals surface area (Å²) >= 11 is 0. The monoisotopic (exact) mass is 257 g/mol. The molecule has 0 amide bonds. The van der Waals surface area contributed by atoms with Crippen molar-refractivity contribution >= 4 is 6.08 Å². The first kappa shape index (κ1) is 12.9. The highest BCUT2D eigenvalue weighted by Gasteiger charge is 2.44. The van der Waals surface area contributed by atoms with Crippen LogP contribution in [0.25, 0.3) is 6.08 Å². The second-order valence-corrected chi connectivity index (χ2v) is 6.17. The fourth-order valence-electron chi connectivity index (χ4n) is 3.81. The van der Waals surface area contributed by atoms with Gasteiger partial charge < -0.3 is 10.0 Å². The average Bonchev–Trinajstić information content (AvgIpc) is 2.41. The van der Waals surface area contributed by atoms with Gasteiger partial charge in [-0.05, 0) is 43.9 Å². The molecular formula is C17H23NO. The summed E-state index contributed by atoms with van der Waals surface area (Å²) in [5.41, 5.74) is 1.55. The molecule has 2 atom stereocenters. The van der Waals surface area contributed by atoms with E-state index in [-0.39, 0.29) is 0 Å². The molecule has 0 radical (unpaired) electrons. The molecule has 19 heavy (non-hydrogen) atoms. The summed E-state index contributed by atoms with van der Waals surface area (Å²) in [4.78, 5) is 2.48. The van der Waals surface area contributed by atoms with Gasteiger partial charge in [0.15, 0.2) is 0 Å². The number of aliphatic hydroxyl groups is 1. The first-order chi connectivity index (χ1) is 9.12. The van der Waals surface area contributed by atoms with Crippen LogP contribution in [0.15, 0.2) is 30.8 Å². The van der Waals surface area contributed by atoms with E-state index in [1.54, 1.807) is 0 Å². The van der Waals surface area contributed by atoms with Crippen LogP contribution in [-0.4, -0.2) is 29.1 Å². The van der Waals surface area contributed by atoms with Gasteiger partial charge in [0.1, 0.15) is 0 Å². The Kier molecular flexibility index (Phi) is 3.23. The number of fused-ring (bicyclic) bond motifs is 2. The minimum Gasteiger partial charge on any atom is -0.385 e. The van der Waals surface area contributed by atoms with Crippen LogP contribution >= 0.6 is 0 Å². The van der Waals surface area contributed by atoms with E-state index >= 15 is 0 Å². The molecule has 1 aromatic carbocycles. The number of piperidine rings is 2. The van der Waals surface area contributed by atoms with E-state index in [1.165, 1.54) is 19.3 Å². The Hall–Kier alpha value is -1.12. The zero-order valence-electron chi connectivity index (χ0n) is 11.7. The second-order valence-electron chi connectivity index (χ2n) is 6.17. The molecule has 2 aliphatic rings. The standard InChI is InChI=1S/C17H23NO/c1-3-13-7-9-14(10-8-13)17(19)11-15-5-4-6-16(12-17)18(15)2/h3,7-10,15-16,19H,1,4-6,11-12H2,2H3. The van der Waals surface area contributed by atoms with E-state index in [0.29, 0.717) is 12.1 Å². The second kappa shape index (κ2) is 4.77. The fourth-order valence-corrected chi connectivity index (χ4v) is 3.81. The van der Waals surface area contributed by atoms with Gasteiger partial charge in [-0.25, -0.2) is 0 Å². The van der Waals surface area contributed by atoms with Crippen LogP contribution in [0.2, 0.25) is 0 Å². The summed E-state index contributed by atoms with van der Waals surface area (Å²) in [6, 6.07) is 9.31. The Balaban J connectivity index is 1.88. The fraction of sp³-hybridized carbons (Fsp3) is 0.529. The van der Waals surface area contributed by atoms with Gasteiger partial charge in [-0.15, -0.1) is 0 Å². The molecular weight excluding hydrogens is 234 g/mol. The Morgan fingerprint density at radius 3 is 2.32 bits per heavy atom. The molecule has 2 heteroatoms. The Morgan fingerprint density at radius 1 is 1.21 bits per heavy atom. The predicted octanol–water partition coefficient (Wildman–Crippen LogP) is 3.16. The lowest BCUT2D eigenvalue weighted by Gasteiger charge is -2.50.